The van der Waals surface area contributed by atoms with E-state index in [2.05, 4.69) is 22.3 Å². The third-order valence-electron chi connectivity index (χ3n) is 4.35. The molecule has 1 heterocycles. The molecule has 2 amide bonds. The van der Waals surface area contributed by atoms with Gasteiger partial charge in [-0.15, -0.1) is 0 Å². The maximum atomic E-state index is 12.1. The molecule has 0 aliphatic heterocycles. The molecule has 0 aliphatic carbocycles. The topological polar surface area (TPSA) is 119 Å². The average molecular weight is 438 g/mol. The van der Waals surface area contributed by atoms with Crippen LogP contribution in [-0.4, -0.2) is 24.2 Å². The van der Waals surface area contributed by atoms with Crippen LogP contribution in [0.1, 0.15) is 12.6 Å². The molecular weight excluding hydrogens is 414 g/mol. The van der Waals surface area contributed by atoms with Gasteiger partial charge in [0, 0.05) is 11.3 Å². The standard InChI is InChI=1S/C22H23N5O3S/c1-3-7-16(2)25-22(28)24-15-18-14-21(17-8-5-4-6-9-17)27(26-18)19-10-12-20(13-11-19)31(23,29)30/h3-14H,1,15H2,2H3,(H2,23,29,30)(H2,24,25,28)/b16-7+. The number of urea groups is 1. The van der Waals surface area contributed by atoms with Gasteiger partial charge in [-0.2, -0.15) is 5.10 Å². The first-order valence-electron chi connectivity index (χ1n) is 9.39. The summed E-state index contributed by atoms with van der Waals surface area (Å²) in [5.41, 5.74) is 3.68. The number of amides is 2. The monoisotopic (exact) mass is 437 g/mol. The van der Waals surface area contributed by atoms with E-state index < -0.39 is 10.0 Å². The second kappa shape index (κ2) is 9.41. The van der Waals surface area contributed by atoms with Crippen LogP contribution in [0.3, 0.4) is 0 Å². The van der Waals surface area contributed by atoms with E-state index in [0.29, 0.717) is 17.1 Å². The first kappa shape index (κ1) is 22.0. The molecule has 160 valence electrons. The Morgan fingerprint density at radius 2 is 1.84 bits per heavy atom. The quantitative estimate of drug-likeness (QED) is 0.492. The largest absolute Gasteiger partial charge is 0.332 e. The Morgan fingerprint density at radius 1 is 1.16 bits per heavy atom. The van der Waals surface area contributed by atoms with Gasteiger partial charge in [-0.1, -0.05) is 43.0 Å². The van der Waals surface area contributed by atoms with Gasteiger partial charge in [0.15, 0.2) is 0 Å². The van der Waals surface area contributed by atoms with Gasteiger partial charge < -0.3 is 10.6 Å². The van der Waals surface area contributed by atoms with Crippen LogP contribution < -0.4 is 15.8 Å². The number of nitrogens with one attached hydrogen (secondary N) is 2. The maximum Gasteiger partial charge on any atom is 0.319 e. The number of rotatable bonds is 7. The minimum absolute atomic E-state index is 0.0196. The molecule has 31 heavy (non-hydrogen) atoms. The summed E-state index contributed by atoms with van der Waals surface area (Å²) in [6, 6.07) is 17.3. The summed E-state index contributed by atoms with van der Waals surface area (Å²) in [6.07, 6.45) is 3.28. The second-order valence-electron chi connectivity index (χ2n) is 6.73. The Kier molecular flexibility index (Phi) is 6.68. The van der Waals surface area contributed by atoms with Gasteiger partial charge in [0.1, 0.15) is 0 Å². The molecule has 8 nitrogen and oxygen atoms in total. The number of sulfonamides is 1. The Labute approximate surface area is 181 Å². The van der Waals surface area contributed by atoms with Crippen molar-refractivity contribution in [2.75, 3.05) is 0 Å². The van der Waals surface area contributed by atoms with Crippen LogP contribution in [-0.2, 0) is 16.6 Å². The zero-order valence-corrected chi connectivity index (χ0v) is 17.8. The fraction of sp³-hybridized carbons (Fsp3) is 0.0909. The molecule has 2 aromatic carbocycles. The van der Waals surface area contributed by atoms with E-state index >= 15 is 0 Å². The van der Waals surface area contributed by atoms with Crippen LogP contribution in [0.15, 0.2) is 90.0 Å². The molecule has 0 bridgehead atoms. The molecule has 3 rings (SSSR count). The third-order valence-corrected chi connectivity index (χ3v) is 5.28. The zero-order valence-electron chi connectivity index (χ0n) is 16.9. The number of hydrogen-bond acceptors (Lipinski definition) is 4. The fourth-order valence-electron chi connectivity index (χ4n) is 2.92. The molecule has 0 atom stereocenters. The Balaban J connectivity index is 1.90. The van der Waals surface area contributed by atoms with E-state index in [-0.39, 0.29) is 17.5 Å². The van der Waals surface area contributed by atoms with Crippen molar-refractivity contribution in [3.8, 4) is 16.9 Å². The van der Waals surface area contributed by atoms with Crippen LogP contribution >= 0.6 is 0 Å². The van der Waals surface area contributed by atoms with Crippen molar-refractivity contribution in [2.24, 2.45) is 5.14 Å². The molecule has 9 heteroatoms. The van der Waals surface area contributed by atoms with Crippen molar-refractivity contribution in [3.63, 3.8) is 0 Å². The summed E-state index contributed by atoms with van der Waals surface area (Å²) < 4.78 is 24.8. The number of nitrogens with two attached hydrogens (primary N) is 1. The van der Waals surface area contributed by atoms with E-state index in [1.54, 1.807) is 35.9 Å². The van der Waals surface area contributed by atoms with Gasteiger partial charge in [-0.05, 0) is 43.3 Å². The fourth-order valence-corrected chi connectivity index (χ4v) is 3.43. The van der Waals surface area contributed by atoms with E-state index in [4.69, 9.17) is 5.14 Å². The lowest BCUT2D eigenvalue weighted by Gasteiger charge is -2.08. The normalized spacial score (nSPS) is 11.7. The first-order chi connectivity index (χ1) is 14.8. The molecule has 0 unspecified atom stereocenters. The SMILES string of the molecule is C=C/C=C(\C)NC(=O)NCc1cc(-c2ccccc2)n(-c2ccc(S(N)(=O)=O)cc2)n1. The maximum absolute atomic E-state index is 12.1. The molecule has 1 aromatic heterocycles. The number of aromatic nitrogens is 2. The molecular formula is C22H23N5O3S. The van der Waals surface area contributed by atoms with Crippen molar-refractivity contribution in [1.29, 1.82) is 0 Å². The summed E-state index contributed by atoms with van der Waals surface area (Å²) in [4.78, 5) is 12.1. The van der Waals surface area contributed by atoms with Crippen molar-refractivity contribution in [2.45, 2.75) is 18.4 Å². The summed E-state index contributed by atoms with van der Waals surface area (Å²) in [7, 11) is -3.79. The zero-order chi connectivity index (χ0) is 22.4. The first-order valence-corrected chi connectivity index (χ1v) is 10.9. The minimum Gasteiger partial charge on any atom is -0.332 e. The van der Waals surface area contributed by atoms with Gasteiger partial charge in [0.2, 0.25) is 10.0 Å². The molecule has 4 N–H and O–H groups in total. The van der Waals surface area contributed by atoms with E-state index in [1.165, 1.54) is 12.1 Å². The van der Waals surface area contributed by atoms with Crippen LogP contribution in [0.2, 0.25) is 0 Å². The van der Waals surface area contributed by atoms with E-state index in [9.17, 15) is 13.2 Å². The summed E-state index contributed by atoms with van der Waals surface area (Å²) in [6.45, 7) is 5.55. The number of nitrogens with zero attached hydrogens (tertiary/aromatic N) is 2. The second-order valence-corrected chi connectivity index (χ2v) is 8.29. The highest BCUT2D eigenvalue weighted by molar-refractivity contribution is 7.89. The van der Waals surface area contributed by atoms with E-state index in [1.807, 2.05) is 36.4 Å². The molecule has 0 aliphatic rings. The number of carbonyl (C=O) groups excluding carboxylic acids is 1. The van der Waals surface area contributed by atoms with E-state index in [0.717, 1.165) is 11.3 Å². The Hall–Kier alpha value is -3.69. The van der Waals surface area contributed by atoms with Crippen molar-refractivity contribution < 1.29 is 13.2 Å². The number of primary sulfonamides is 1. The third kappa shape index (κ3) is 5.68. The molecule has 0 fully saturated rings. The highest BCUT2D eigenvalue weighted by atomic mass is 32.2. The molecule has 0 saturated carbocycles. The van der Waals surface area contributed by atoms with Gasteiger partial charge in [0.25, 0.3) is 0 Å². The lowest BCUT2D eigenvalue weighted by Crippen LogP contribution is -2.33. The summed E-state index contributed by atoms with van der Waals surface area (Å²) in [5, 5.41) is 15.2. The number of allylic oxidation sites excluding steroid dienone is 3. The predicted octanol–water partition coefficient (Wildman–Crippen LogP) is 3.08. The predicted molar refractivity (Wildman–Crippen MR) is 120 cm³/mol. The van der Waals surface area contributed by atoms with Crippen LogP contribution in [0.4, 0.5) is 4.79 Å². The van der Waals surface area contributed by atoms with Gasteiger partial charge in [-0.3, -0.25) is 0 Å². The highest BCUT2D eigenvalue weighted by Gasteiger charge is 2.14. The van der Waals surface area contributed by atoms with Crippen LogP contribution in [0.5, 0.6) is 0 Å². The van der Waals surface area contributed by atoms with Crippen molar-refractivity contribution in [1.82, 2.24) is 20.4 Å². The molecule has 0 spiro atoms. The summed E-state index contributed by atoms with van der Waals surface area (Å²) in [5.74, 6) is 0. The molecule has 3 aromatic rings. The highest BCUT2D eigenvalue weighted by Crippen LogP contribution is 2.24. The number of hydrogen-bond donors (Lipinski definition) is 3. The smallest absolute Gasteiger partial charge is 0.319 e. The van der Waals surface area contributed by atoms with Crippen LogP contribution in [0.25, 0.3) is 16.9 Å². The van der Waals surface area contributed by atoms with Crippen molar-refractivity contribution >= 4 is 16.1 Å². The van der Waals surface area contributed by atoms with Crippen LogP contribution in [0, 0.1) is 0 Å². The average Bonchev–Trinajstić information content (AvgIpc) is 3.17. The lowest BCUT2D eigenvalue weighted by atomic mass is 10.1. The Bertz CT molecular complexity index is 1210. The lowest BCUT2D eigenvalue weighted by molar-refractivity contribution is 0.243. The van der Waals surface area contributed by atoms with Gasteiger partial charge in [0.05, 0.1) is 28.5 Å². The Morgan fingerprint density at radius 3 is 2.45 bits per heavy atom. The minimum atomic E-state index is -3.79. The summed E-state index contributed by atoms with van der Waals surface area (Å²) >= 11 is 0. The van der Waals surface area contributed by atoms with Gasteiger partial charge >= 0.3 is 6.03 Å². The molecule has 0 radical (unpaired) electrons. The van der Waals surface area contributed by atoms with Crippen molar-refractivity contribution in [3.05, 3.63) is 90.8 Å². The number of benzene rings is 2. The molecule has 0 saturated heterocycles. The van der Waals surface area contributed by atoms with Gasteiger partial charge in [-0.25, -0.2) is 23.0 Å². The number of carbonyl (C=O) groups is 1.